The van der Waals surface area contributed by atoms with E-state index in [-0.39, 0.29) is 17.4 Å². The molecule has 0 aliphatic heterocycles. The van der Waals surface area contributed by atoms with E-state index in [1.807, 2.05) is 13.8 Å². The summed E-state index contributed by atoms with van der Waals surface area (Å²) in [5.41, 5.74) is 0.706. The molecule has 0 aliphatic carbocycles. The molecule has 2 aromatic rings. The van der Waals surface area contributed by atoms with Gasteiger partial charge in [-0.15, -0.1) is 0 Å². The molecule has 0 saturated carbocycles. The van der Waals surface area contributed by atoms with Gasteiger partial charge < -0.3 is 10.1 Å². The predicted octanol–water partition coefficient (Wildman–Crippen LogP) is 3.63. The second-order valence-corrected chi connectivity index (χ2v) is 4.95. The summed E-state index contributed by atoms with van der Waals surface area (Å²) >= 11 is 0. The van der Waals surface area contributed by atoms with Crippen molar-refractivity contribution in [3.8, 4) is 5.75 Å². The molecule has 0 atom stereocenters. The van der Waals surface area contributed by atoms with E-state index in [4.69, 9.17) is 4.74 Å². The van der Waals surface area contributed by atoms with E-state index in [1.165, 1.54) is 24.3 Å². The molecule has 0 unspecified atom stereocenters. The highest BCUT2D eigenvalue weighted by Gasteiger charge is 2.11. The van der Waals surface area contributed by atoms with Crippen LogP contribution < -0.4 is 10.1 Å². The predicted molar refractivity (Wildman–Crippen MR) is 83.3 cm³/mol. The first-order valence-corrected chi connectivity index (χ1v) is 6.78. The number of nitro groups is 1. The zero-order valence-electron chi connectivity index (χ0n) is 12.3. The van der Waals surface area contributed by atoms with E-state index in [1.54, 1.807) is 24.3 Å². The number of benzene rings is 2. The van der Waals surface area contributed by atoms with Gasteiger partial charge in [0.25, 0.3) is 11.6 Å². The summed E-state index contributed by atoms with van der Waals surface area (Å²) in [6.07, 6.45) is 0.0744. The Labute approximate surface area is 127 Å². The minimum Gasteiger partial charge on any atom is -0.491 e. The molecule has 0 aliphatic rings. The number of nitrogens with one attached hydrogen (secondary N) is 1. The molecule has 0 bridgehead atoms. The van der Waals surface area contributed by atoms with Gasteiger partial charge in [0.2, 0.25) is 0 Å². The van der Waals surface area contributed by atoms with Crippen LogP contribution >= 0.6 is 0 Å². The van der Waals surface area contributed by atoms with Crippen molar-refractivity contribution in [2.24, 2.45) is 0 Å². The highest BCUT2D eigenvalue weighted by atomic mass is 16.6. The van der Waals surface area contributed by atoms with Gasteiger partial charge in [-0.05, 0) is 44.2 Å². The Kier molecular flexibility index (Phi) is 4.73. The number of amides is 1. The first kappa shape index (κ1) is 15.5. The molecule has 0 radical (unpaired) electrons. The van der Waals surface area contributed by atoms with Crippen LogP contribution in [0.5, 0.6) is 5.75 Å². The molecule has 22 heavy (non-hydrogen) atoms. The van der Waals surface area contributed by atoms with Crippen molar-refractivity contribution in [2.45, 2.75) is 20.0 Å². The van der Waals surface area contributed by atoms with Gasteiger partial charge in [0.1, 0.15) is 5.75 Å². The van der Waals surface area contributed by atoms with Crippen molar-refractivity contribution < 1.29 is 14.5 Å². The molecule has 2 rings (SSSR count). The molecule has 0 heterocycles. The lowest BCUT2D eigenvalue weighted by Crippen LogP contribution is -2.12. The summed E-state index contributed by atoms with van der Waals surface area (Å²) in [4.78, 5) is 22.3. The van der Waals surface area contributed by atoms with Crippen molar-refractivity contribution >= 4 is 17.3 Å². The molecule has 0 aromatic heterocycles. The third kappa shape index (κ3) is 4.05. The van der Waals surface area contributed by atoms with Gasteiger partial charge in [0.05, 0.1) is 11.0 Å². The molecule has 6 nitrogen and oxygen atoms in total. The monoisotopic (exact) mass is 300 g/mol. The number of carbonyl (C=O) groups is 1. The summed E-state index contributed by atoms with van der Waals surface area (Å²) in [5.74, 6) is 0.310. The van der Waals surface area contributed by atoms with Gasteiger partial charge in [-0.1, -0.05) is 6.07 Å². The molecule has 6 heteroatoms. The smallest absolute Gasteiger partial charge is 0.270 e. The van der Waals surface area contributed by atoms with Gasteiger partial charge in [0.15, 0.2) is 0 Å². The van der Waals surface area contributed by atoms with E-state index < -0.39 is 10.8 Å². The number of anilines is 1. The fourth-order valence-electron chi connectivity index (χ4n) is 1.85. The number of hydrogen-bond donors (Lipinski definition) is 1. The number of rotatable bonds is 5. The minimum atomic E-state index is -0.533. The average Bonchev–Trinajstić information content (AvgIpc) is 2.49. The summed E-state index contributed by atoms with van der Waals surface area (Å²) in [6, 6.07) is 12.5. The Morgan fingerprint density at radius 2 is 1.86 bits per heavy atom. The topological polar surface area (TPSA) is 81.5 Å². The van der Waals surface area contributed by atoms with Gasteiger partial charge >= 0.3 is 0 Å². The number of ether oxygens (including phenoxy) is 1. The van der Waals surface area contributed by atoms with E-state index in [0.717, 1.165) is 0 Å². The second kappa shape index (κ2) is 6.71. The van der Waals surface area contributed by atoms with Gasteiger partial charge in [0, 0.05) is 23.4 Å². The second-order valence-electron chi connectivity index (χ2n) is 4.95. The third-order valence-electron chi connectivity index (χ3n) is 2.80. The van der Waals surface area contributed by atoms with E-state index >= 15 is 0 Å². The van der Waals surface area contributed by atoms with Crippen molar-refractivity contribution in [3.05, 3.63) is 64.2 Å². The maximum Gasteiger partial charge on any atom is 0.270 e. The number of non-ortho nitro benzene ring substituents is 1. The zero-order chi connectivity index (χ0) is 16.1. The van der Waals surface area contributed by atoms with Crippen LogP contribution in [0.1, 0.15) is 24.2 Å². The summed E-state index contributed by atoms with van der Waals surface area (Å²) in [7, 11) is 0. The SMILES string of the molecule is CC(C)Oc1ccc(NC(=O)c2cccc([N+](=O)[O-])c2)cc1. The Hall–Kier alpha value is -2.89. The Morgan fingerprint density at radius 3 is 2.45 bits per heavy atom. The molecular weight excluding hydrogens is 284 g/mol. The average molecular weight is 300 g/mol. The fourth-order valence-corrected chi connectivity index (χ4v) is 1.85. The van der Waals surface area contributed by atoms with E-state index in [0.29, 0.717) is 11.4 Å². The highest BCUT2D eigenvalue weighted by molar-refractivity contribution is 6.04. The minimum absolute atomic E-state index is 0.0744. The van der Waals surface area contributed by atoms with Crippen molar-refractivity contribution in [1.29, 1.82) is 0 Å². The molecule has 1 amide bonds. The van der Waals surface area contributed by atoms with E-state index in [9.17, 15) is 14.9 Å². The Balaban J connectivity index is 2.08. The van der Waals surface area contributed by atoms with Gasteiger partial charge in [-0.2, -0.15) is 0 Å². The summed E-state index contributed by atoms with van der Waals surface area (Å²) < 4.78 is 5.51. The Morgan fingerprint density at radius 1 is 1.18 bits per heavy atom. The van der Waals surface area contributed by atoms with Crippen LogP contribution in [0.3, 0.4) is 0 Å². The highest BCUT2D eigenvalue weighted by Crippen LogP contribution is 2.19. The quantitative estimate of drug-likeness (QED) is 0.675. The van der Waals surface area contributed by atoms with Crippen LogP contribution in [-0.4, -0.2) is 16.9 Å². The Bertz CT molecular complexity index is 681. The molecule has 114 valence electrons. The van der Waals surface area contributed by atoms with Crippen LogP contribution in [0.15, 0.2) is 48.5 Å². The molecular formula is C16H16N2O4. The summed E-state index contributed by atoms with van der Waals surface area (Å²) in [5, 5.41) is 13.4. The van der Waals surface area contributed by atoms with Crippen LogP contribution in [0.4, 0.5) is 11.4 Å². The van der Waals surface area contributed by atoms with Crippen molar-refractivity contribution in [3.63, 3.8) is 0 Å². The first-order chi connectivity index (χ1) is 10.5. The van der Waals surface area contributed by atoms with E-state index in [2.05, 4.69) is 5.32 Å². The summed E-state index contributed by atoms with van der Waals surface area (Å²) in [6.45, 7) is 3.86. The standard InChI is InChI=1S/C16H16N2O4/c1-11(2)22-15-8-6-13(7-9-15)17-16(19)12-4-3-5-14(10-12)18(20)21/h3-11H,1-2H3,(H,17,19). The van der Waals surface area contributed by atoms with Crippen LogP contribution in [-0.2, 0) is 0 Å². The van der Waals surface area contributed by atoms with Gasteiger partial charge in [-0.3, -0.25) is 14.9 Å². The van der Waals surface area contributed by atoms with Gasteiger partial charge in [-0.25, -0.2) is 0 Å². The van der Waals surface area contributed by atoms with Crippen LogP contribution in [0, 0.1) is 10.1 Å². The molecule has 0 fully saturated rings. The normalized spacial score (nSPS) is 10.3. The first-order valence-electron chi connectivity index (χ1n) is 6.78. The number of hydrogen-bond acceptors (Lipinski definition) is 4. The van der Waals surface area contributed by atoms with Crippen molar-refractivity contribution in [1.82, 2.24) is 0 Å². The van der Waals surface area contributed by atoms with Crippen LogP contribution in [0.25, 0.3) is 0 Å². The third-order valence-corrected chi connectivity index (χ3v) is 2.80. The van der Waals surface area contributed by atoms with Crippen LogP contribution in [0.2, 0.25) is 0 Å². The maximum atomic E-state index is 12.1. The molecule has 1 N–H and O–H groups in total. The molecule has 2 aromatic carbocycles. The fraction of sp³-hybridized carbons (Fsp3) is 0.188. The lowest BCUT2D eigenvalue weighted by atomic mass is 10.2. The number of nitro benzene ring substituents is 1. The maximum absolute atomic E-state index is 12.1. The molecule has 0 saturated heterocycles. The van der Waals surface area contributed by atoms with Crippen molar-refractivity contribution in [2.75, 3.05) is 5.32 Å². The lowest BCUT2D eigenvalue weighted by Gasteiger charge is -2.10. The number of carbonyl (C=O) groups excluding carboxylic acids is 1. The largest absolute Gasteiger partial charge is 0.491 e. The number of nitrogens with zero attached hydrogens (tertiary/aromatic N) is 1. The molecule has 0 spiro atoms. The lowest BCUT2D eigenvalue weighted by molar-refractivity contribution is -0.384. The zero-order valence-corrected chi connectivity index (χ0v) is 12.3.